The fraction of sp³-hybridized carbons (Fsp3) is 0.476. The molecule has 0 aliphatic carbocycles. The summed E-state index contributed by atoms with van der Waals surface area (Å²) in [5.41, 5.74) is -2.57. The van der Waals surface area contributed by atoms with Crippen molar-refractivity contribution < 1.29 is 37.7 Å². The topological polar surface area (TPSA) is 167 Å². The number of aliphatic hydroxyl groups is 1. The van der Waals surface area contributed by atoms with Gasteiger partial charge < -0.3 is 23.8 Å². The van der Waals surface area contributed by atoms with Gasteiger partial charge in [0.2, 0.25) is 0 Å². The van der Waals surface area contributed by atoms with E-state index in [1.165, 1.54) is 51.4 Å². The summed E-state index contributed by atoms with van der Waals surface area (Å²) in [7, 11) is -3.10. The molecule has 4 rings (SSSR count). The highest BCUT2D eigenvalue weighted by atomic mass is 35.5. The molecule has 2 bridgehead atoms. The normalized spacial score (nSPS) is 27.4. The van der Waals surface area contributed by atoms with Gasteiger partial charge in [0.25, 0.3) is 5.56 Å². The summed E-state index contributed by atoms with van der Waals surface area (Å²) < 4.78 is 42.2. The van der Waals surface area contributed by atoms with Gasteiger partial charge in [-0.3, -0.25) is 23.7 Å². The van der Waals surface area contributed by atoms with Crippen molar-refractivity contribution in [3.8, 4) is 5.75 Å². The first-order valence-corrected chi connectivity index (χ1v) is 12.7. The van der Waals surface area contributed by atoms with E-state index in [4.69, 9.17) is 30.1 Å². The highest BCUT2D eigenvalue weighted by Crippen LogP contribution is 2.50. The van der Waals surface area contributed by atoms with Gasteiger partial charge in [-0.1, -0.05) is 11.6 Å². The number of H-pyrrole nitrogens is 1. The maximum atomic E-state index is 13.7. The Hall–Kier alpha value is -2.51. The van der Waals surface area contributed by atoms with Crippen LogP contribution < -0.4 is 20.9 Å². The van der Waals surface area contributed by atoms with Gasteiger partial charge in [0.15, 0.2) is 6.23 Å². The molecular weight excluding hydrogens is 521 g/mol. The van der Waals surface area contributed by atoms with Crippen molar-refractivity contribution in [3.05, 3.63) is 61.9 Å². The average Bonchev–Trinajstić information content (AvgIpc) is 3.30. The monoisotopic (exact) mass is 545 g/mol. The fourth-order valence-corrected chi connectivity index (χ4v) is 5.57. The first-order chi connectivity index (χ1) is 17.0. The molecule has 0 spiro atoms. The van der Waals surface area contributed by atoms with E-state index in [2.05, 4.69) is 14.8 Å². The Morgan fingerprint density at radius 3 is 2.75 bits per heavy atom. The number of fused-ring (bicyclic) bond motifs is 2. The van der Waals surface area contributed by atoms with Crippen molar-refractivity contribution in [2.24, 2.45) is 0 Å². The first-order valence-electron chi connectivity index (χ1n) is 10.8. The molecule has 2 aliphatic heterocycles. The van der Waals surface area contributed by atoms with Crippen molar-refractivity contribution in [2.45, 2.75) is 43.9 Å². The highest BCUT2D eigenvalue weighted by Gasteiger charge is 2.62. The van der Waals surface area contributed by atoms with Gasteiger partial charge in [0.1, 0.15) is 29.6 Å². The molecule has 0 radical (unpaired) electrons. The zero-order valence-corrected chi connectivity index (χ0v) is 21.2. The quantitative estimate of drug-likeness (QED) is 0.302. The van der Waals surface area contributed by atoms with E-state index in [-0.39, 0.29) is 17.9 Å². The Morgan fingerprint density at radius 2 is 2.08 bits per heavy atom. The number of esters is 1. The number of halogens is 1. The highest BCUT2D eigenvalue weighted by molar-refractivity contribution is 7.52. The van der Waals surface area contributed by atoms with Crippen LogP contribution in [0.1, 0.15) is 18.7 Å². The number of nitrogens with zero attached hydrogens (tertiary/aromatic N) is 1. The van der Waals surface area contributed by atoms with Gasteiger partial charge in [-0.05, 0) is 38.1 Å². The molecule has 0 amide bonds. The van der Waals surface area contributed by atoms with E-state index in [0.717, 1.165) is 4.57 Å². The molecule has 196 valence electrons. The number of hydrogen-bond donors (Lipinski definition) is 3. The fourth-order valence-electron chi connectivity index (χ4n) is 3.90. The molecule has 2 aliphatic rings. The third kappa shape index (κ3) is 5.14. The molecule has 3 N–H and O–H groups in total. The number of ether oxygens (including phenoxy) is 3. The number of benzene rings is 1. The summed E-state index contributed by atoms with van der Waals surface area (Å²) >= 11 is 5.89. The number of aromatic nitrogens is 2. The van der Waals surface area contributed by atoms with Crippen molar-refractivity contribution in [2.75, 3.05) is 20.3 Å². The lowest BCUT2D eigenvalue weighted by Crippen LogP contribution is -2.46. The van der Waals surface area contributed by atoms with Crippen LogP contribution in [0.5, 0.6) is 5.75 Å². The second-order valence-corrected chi connectivity index (χ2v) is 10.6. The number of methoxy groups -OCH3 is 1. The van der Waals surface area contributed by atoms with Crippen molar-refractivity contribution >= 4 is 25.3 Å². The molecule has 1 unspecified atom stereocenters. The van der Waals surface area contributed by atoms with Gasteiger partial charge in [0.05, 0.1) is 20.3 Å². The minimum Gasteiger partial charge on any atom is -0.468 e. The van der Waals surface area contributed by atoms with Crippen LogP contribution in [0.3, 0.4) is 0 Å². The third-order valence-corrected chi connectivity index (χ3v) is 7.73. The second-order valence-electron chi connectivity index (χ2n) is 8.46. The van der Waals surface area contributed by atoms with Gasteiger partial charge in [-0.15, -0.1) is 0 Å². The molecule has 15 heteroatoms. The van der Waals surface area contributed by atoms with E-state index < -0.39 is 61.7 Å². The standard InChI is InChI=1S/C21H25ClN3O10P/c1-11-8-25(20(29)23-17(11)27)18-15-16(26)21(34-18,9-32-15)10-33-36(30,24-12(2)19(28)31-3)35-14-6-4-13(22)5-7-14/h4-8,12,15-16,18,26H,9-10H2,1-3H3,(H,24,30)(H,23,27,29)/t12-,15-,16+,18+,21-,36?/m0/s1. The lowest BCUT2D eigenvalue weighted by Gasteiger charge is -2.32. The lowest BCUT2D eigenvalue weighted by atomic mass is 10.0. The SMILES string of the molecule is COC(=O)[C@H](C)NP(=O)(OC[C@]12CO[C@H]([C@H](n3cc(C)c(=O)[nH]c3=O)O1)[C@H]2O)Oc1ccc(Cl)cc1. The van der Waals surface area contributed by atoms with Crippen LogP contribution in [-0.4, -0.2) is 64.8 Å². The predicted octanol–water partition coefficient (Wildman–Crippen LogP) is 0.881. The molecule has 2 aromatic rings. The van der Waals surface area contributed by atoms with Crippen LogP contribution >= 0.6 is 19.3 Å². The smallest absolute Gasteiger partial charge is 0.459 e. The molecule has 36 heavy (non-hydrogen) atoms. The van der Waals surface area contributed by atoms with Gasteiger partial charge in [-0.25, -0.2) is 9.36 Å². The summed E-state index contributed by atoms with van der Waals surface area (Å²) in [5.74, 6) is -0.586. The van der Waals surface area contributed by atoms with Crippen LogP contribution in [0.2, 0.25) is 5.02 Å². The van der Waals surface area contributed by atoms with Crippen LogP contribution in [0, 0.1) is 6.92 Å². The molecule has 13 nitrogen and oxygen atoms in total. The largest absolute Gasteiger partial charge is 0.468 e. The number of aromatic amines is 1. The summed E-state index contributed by atoms with van der Waals surface area (Å²) in [6, 6.07) is 4.85. The van der Waals surface area contributed by atoms with E-state index >= 15 is 0 Å². The Labute approximate surface area is 209 Å². The third-order valence-electron chi connectivity index (χ3n) is 5.85. The minimum atomic E-state index is -4.27. The molecule has 1 aromatic carbocycles. The van der Waals surface area contributed by atoms with Crippen LogP contribution in [0.15, 0.2) is 40.1 Å². The van der Waals surface area contributed by atoms with Crippen molar-refractivity contribution in [1.29, 1.82) is 0 Å². The Morgan fingerprint density at radius 1 is 1.39 bits per heavy atom. The first kappa shape index (κ1) is 26.6. The second kappa shape index (κ2) is 10.1. The van der Waals surface area contributed by atoms with Gasteiger partial charge in [-0.2, -0.15) is 5.09 Å². The number of aliphatic hydroxyl groups excluding tert-OH is 1. The van der Waals surface area contributed by atoms with E-state index in [0.29, 0.717) is 5.02 Å². The zero-order chi connectivity index (χ0) is 26.3. The number of carbonyl (C=O) groups excluding carboxylic acids is 1. The molecular formula is C21H25ClN3O10P. The molecule has 0 saturated carbocycles. The summed E-state index contributed by atoms with van der Waals surface area (Å²) in [6.07, 6.45) is -2.02. The van der Waals surface area contributed by atoms with Crippen LogP contribution in [0.25, 0.3) is 0 Å². The average molecular weight is 546 g/mol. The molecule has 3 heterocycles. The molecule has 2 fully saturated rings. The Kier molecular flexibility index (Phi) is 7.45. The molecule has 2 saturated heterocycles. The van der Waals surface area contributed by atoms with E-state index in [9.17, 15) is 24.1 Å². The lowest BCUT2D eigenvalue weighted by molar-refractivity contribution is -0.185. The number of aryl methyl sites for hydroxylation is 1. The molecule has 6 atom stereocenters. The minimum absolute atomic E-state index is 0.131. The maximum Gasteiger partial charge on any atom is 0.459 e. The van der Waals surface area contributed by atoms with Crippen LogP contribution in [0.4, 0.5) is 0 Å². The predicted molar refractivity (Wildman–Crippen MR) is 125 cm³/mol. The van der Waals surface area contributed by atoms with Gasteiger partial charge >= 0.3 is 19.4 Å². The number of hydrogen-bond acceptors (Lipinski definition) is 10. The summed E-state index contributed by atoms with van der Waals surface area (Å²) in [5, 5.41) is 13.8. The van der Waals surface area contributed by atoms with E-state index in [1.54, 1.807) is 0 Å². The van der Waals surface area contributed by atoms with Gasteiger partial charge in [0, 0.05) is 16.8 Å². The van der Waals surface area contributed by atoms with Crippen LogP contribution in [-0.2, 0) is 28.1 Å². The van der Waals surface area contributed by atoms with Crippen molar-refractivity contribution in [3.63, 3.8) is 0 Å². The number of rotatable bonds is 9. The Bertz CT molecular complexity index is 1300. The summed E-state index contributed by atoms with van der Waals surface area (Å²) in [4.78, 5) is 38.2. The summed E-state index contributed by atoms with van der Waals surface area (Å²) in [6.45, 7) is 2.28. The number of carbonyl (C=O) groups is 1. The Balaban J connectivity index is 1.57. The van der Waals surface area contributed by atoms with E-state index in [1.807, 2.05) is 0 Å². The number of nitrogens with one attached hydrogen (secondary N) is 2. The maximum absolute atomic E-state index is 13.7. The molecule has 1 aromatic heterocycles. The van der Waals surface area contributed by atoms with Crippen molar-refractivity contribution in [1.82, 2.24) is 14.6 Å². The zero-order valence-electron chi connectivity index (χ0n) is 19.5.